The highest BCUT2D eigenvalue weighted by Crippen LogP contribution is 2.31. The monoisotopic (exact) mass is 304 g/mol. The molecule has 5 heteroatoms. The zero-order chi connectivity index (χ0) is 15.6. The number of benzene rings is 1. The largest absolute Gasteiger partial charge is 0.377 e. The summed E-state index contributed by atoms with van der Waals surface area (Å²) in [7, 11) is 0. The number of nitro benzene ring substituents is 1. The first-order chi connectivity index (χ1) is 9.92. The Hall–Kier alpha value is -1.88. The molecular formula is C16H20N2O2S. The Labute approximate surface area is 129 Å². The quantitative estimate of drug-likeness (QED) is 0.624. The summed E-state index contributed by atoms with van der Waals surface area (Å²) in [6.45, 7) is 7.96. The number of anilines is 1. The minimum Gasteiger partial charge on any atom is -0.377 e. The van der Waals surface area contributed by atoms with Crippen molar-refractivity contribution in [2.24, 2.45) is 0 Å². The van der Waals surface area contributed by atoms with Crippen LogP contribution in [0.15, 0.2) is 24.3 Å². The summed E-state index contributed by atoms with van der Waals surface area (Å²) in [5.41, 5.74) is 2.71. The fraction of sp³-hybridized carbons (Fsp3) is 0.375. The van der Waals surface area contributed by atoms with E-state index in [4.69, 9.17) is 0 Å². The number of hydrogen-bond acceptors (Lipinski definition) is 4. The maximum atomic E-state index is 11.1. The van der Waals surface area contributed by atoms with Gasteiger partial charge in [-0.15, -0.1) is 11.3 Å². The van der Waals surface area contributed by atoms with Gasteiger partial charge in [-0.05, 0) is 51.0 Å². The molecule has 0 bridgehead atoms. The molecular weight excluding hydrogens is 284 g/mol. The molecule has 0 spiro atoms. The fourth-order valence-electron chi connectivity index (χ4n) is 2.31. The van der Waals surface area contributed by atoms with Crippen LogP contribution in [0.25, 0.3) is 0 Å². The zero-order valence-corrected chi connectivity index (χ0v) is 13.6. The van der Waals surface area contributed by atoms with E-state index < -0.39 is 0 Å². The standard InChI is InChI=1S/C16H20N2O2S/c1-5-13-6-7-16(21-13)12(4)17-14-9-15(18(19)20)11(3)8-10(14)2/h6-9,12,17H,5H2,1-4H3. The molecule has 1 atom stereocenters. The lowest BCUT2D eigenvalue weighted by Gasteiger charge is -2.16. The Morgan fingerprint density at radius 2 is 2.00 bits per heavy atom. The van der Waals surface area contributed by atoms with E-state index in [0.717, 1.165) is 17.7 Å². The predicted molar refractivity (Wildman–Crippen MR) is 88.3 cm³/mol. The van der Waals surface area contributed by atoms with Crippen molar-refractivity contribution in [2.45, 2.75) is 40.2 Å². The molecule has 1 aromatic heterocycles. The number of thiophene rings is 1. The molecule has 0 saturated heterocycles. The van der Waals surface area contributed by atoms with E-state index in [1.807, 2.05) is 13.0 Å². The molecule has 0 aliphatic rings. The number of nitro groups is 1. The van der Waals surface area contributed by atoms with Crippen LogP contribution >= 0.6 is 11.3 Å². The van der Waals surface area contributed by atoms with E-state index in [9.17, 15) is 10.1 Å². The van der Waals surface area contributed by atoms with Gasteiger partial charge in [0.2, 0.25) is 0 Å². The molecule has 1 unspecified atom stereocenters. The molecule has 112 valence electrons. The van der Waals surface area contributed by atoms with Crippen LogP contribution in [0.1, 0.15) is 40.8 Å². The predicted octanol–water partition coefficient (Wildman–Crippen LogP) is 5.01. The fourth-order valence-corrected chi connectivity index (χ4v) is 3.27. The first kappa shape index (κ1) is 15.5. The summed E-state index contributed by atoms with van der Waals surface area (Å²) >= 11 is 1.78. The van der Waals surface area contributed by atoms with Crippen molar-refractivity contribution in [3.8, 4) is 0 Å². The van der Waals surface area contributed by atoms with Crippen LogP contribution in [-0.4, -0.2) is 4.92 Å². The SMILES string of the molecule is CCc1ccc(C(C)Nc2cc([N+](=O)[O-])c(C)cc2C)s1. The molecule has 0 aliphatic carbocycles. The number of rotatable bonds is 5. The van der Waals surface area contributed by atoms with Gasteiger partial charge in [0.1, 0.15) is 0 Å². The van der Waals surface area contributed by atoms with Crippen molar-refractivity contribution in [1.29, 1.82) is 0 Å². The topological polar surface area (TPSA) is 55.2 Å². The van der Waals surface area contributed by atoms with Gasteiger partial charge in [0.05, 0.1) is 11.0 Å². The average Bonchev–Trinajstić information content (AvgIpc) is 2.90. The molecule has 0 radical (unpaired) electrons. The van der Waals surface area contributed by atoms with Crippen LogP contribution in [0.2, 0.25) is 0 Å². The first-order valence-corrected chi connectivity index (χ1v) is 7.84. The third-order valence-electron chi connectivity index (χ3n) is 3.57. The number of aryl methyl sites for hydroxylation is 3. The van der Waals surface area contributed by atoms with Gasteiger partial charge >= 0.3 is 0 Å². The van der Waals surface area contributed by atoms with E-state index in [-0.39, 0.29) is 16.7 Å². The summed E-state index contributed by atoms with van der Waals surface area (Å²) in [5, 5.41) is 14.5. The number of hydrogen-bond donors (Lipinski definition) is 1. The Kier molecular flexibility index (Phi) is 4.63. The number of nitrogens with one attached hydrogen (secondary N) is 1. The second-order valence-corrected chi connectivity index (χ2v) is 6.43. The Balaban J connectivity index is 2.26. The lowest BCUT2D eigenvalue weighted by molar-refractivity contribution is -0.385. The third-order valence-corrected chi connectivity index (χ3v) is 4.98. The smallest absolute Gasteiger partial charge is 0.274 e. The van der Waals surface area contributed by atoms with Gasteiger partial charge in [0.25, 0.3) is 5.69 Å². The van der Waals surface area contributed by atoms with Gasteiger partial charge in [-0.3, -0.25) is 10.1 Å². The number of nitrogens with zero attached hydrogens (tertiary/aromatic N) is 1. The average molecular weight is 304 g/mol. The van der Waals surface area contributed by atoms with Gasteiger partial charge in [0, 0.05) is 27.1 Å². The van der Waals surface area contributed by atoms with Crippen LogP contribution < -0.4 is 5.32 Å². The van der Waals surface area contributed by atoms with E-state index in [1.165, 1.54) is 9.75 Å². The molecule has 1 aromatic carbocycles. The van der Waals surface area contributed by atoms with Crippen molar-refractivity contribution in [3.63, 3.8) is 0 Å². The summed E-state index contributed by atoms with van der Waals surface area (Å²) < 4.78 is 0. The maximum absolute atomic E-state index is 11.1. The third kappa shape index (κ3) is 3.42. The molecule has 4 nitrogen and oxygen atoms in total. The Morgan fingerprint density at radius 1 is 1.29 bits per heavy atom. The molecule has 1 N–H and O–H groups in total. The van der Waals surface area contributed by atoms with Crippen molar-refractivity contribution in [3.05, 3.63) is 55.3 Å². The minimum absolute atomic E-state index is 0.135. The van der Waals surface area contributed by atoms with Crippen molar-refractivity contribution >= 4 is 22.7 Å². The van der Waals surface area contributed by atoms with Crippen molar-refractivity contribution < 1.29 is 4.92 Å². The van der Waals surface area contributed by atoms with E-state index in [1.54, 1.807) is 24.3 Å². The van der Waals surface area contributed by atoms with Crippen LogP contribution in [0.4, 0.5) is 11.4 Å². The molecule has 21 heavy (non-hydrogen) atoms. The summed E-state index contributed by atoms with van der Waals surface area (Å²) in [4.78, 5) is 13.3. The van der Waals surface area contributed by atoms with Crippen LogP contribution in [-0.2, 0) is 6.42 Å². The maximum Gasteiger partial charge on any atom is 0.274 e. The zero-order valence-electron chi connectivity index (χ0n) is 12.8. The van der Waals surface area contributed by atoms with Gasteiger partial charge < -0.3 is 5.32 Å². The van der Waals surface area contributed by atoms with Gasteiger partial charge in [-0.25, -0.2) is 0 Å². The lowest BCUT2D eigenvalue weighted by Crippen LogP contribution is -2.07. The van der Waals surface area contributed by atoms with Gasteiger partial charge in [-0.1, -0.05) is 6.92 Å². The van der Waals surface area contributed by atoms with Gasteiger partial charge in [0.15, 0.2) is 0 Å². The van der Waals surface area contributed by atoms with Crippen molar-refractivity contribution in [1.82, 2.24) is 0 Å². The molecule has 0 fully saturated rings. The van der Waals surface area contributed by atoms with Crippen LogP contribution in [0.5, 0.6) is 0 Å². The molecule has 0 amide bonds. The summed E-state index contributed by atoms with van der Waals surface area (Å²) in [6, 6.07) is 7.90. The van der Waals surface area contributed by atoms with Gasteiger partial charge in [-0.2, -0.15) is 0 Å². The molecule has 0 aliphatic heterocycles. The van der Waals surface area contributed by atoms with E-state index in [0.29, 0.717) is 5.56 Å². The molecule has 1 heterocycles. The summed E-state index contributed by atoms with van der Waals surface area (Å²) in [5.74, 6) is 0. The van der Waals surface area contributed by atoms with E-state index >= 15 is 0 Å². The normalized spacial score (nSPS) is 12.2. The second-order valence-electron chi connectivity index (χ2n) is 5.23. The second kappa shape index (κ2) is 6.26. The minimum atomic E-state index is -0.328. The molecule has 0 saturated carbocycles. The Bertz CT molecular complexity index is 664. The molecule has 2 aromatic rings. The van der Waals surface area contributed by atoms with E-state index in [2.05, 4.69) is 31.3 Å². The summed E-state index contributed by atoms with van der Waals surface area (Å²) in [6.07, 6.45) is 1.03. The highest BCUT2D eigenvalue weighted by molar-refractivity contribution is 7.12. The lowest BCUT2D eigenvalue weighted by atomic mass is 10.1. The van der Waals surface area contributed by atoms with Crippen LogP contribution in [0.3, 0.4) is 0 Å². The highest BCUT2D eigenvalue weighted by Gasteiger charge is 2.16. The Morgan fingerprint density at radius 3 is 2.57 bits per heavy atom. The van der Waals surface area contributed by atoms with Crippen molar-refractivity contribution in [2.75, 3.05) is 5.32 Å². The first-order valence-electron chi connectivity index (χ1n) is 7.03. The highest BCUT2D eigenvalue weighted by atomic mass is 32.1. The van der Waals surface area contributed by atoms with Crippen LogP contribution in [0, 0.1) is 24.0 Å². The molecule has 2 rings (SSSR count).